The van der Waals surface area contributed by atoms with Gasteiger partial charge in [0.1, 0.15) is 5.75 Å². The van der Waals surface area contributed by atoms with E-state index in [0.717, 1.165) is 43.2 Å². The van der Waals surface area contributed by atoms with Gasteiger partial charge < -0.3 is 9.29 Å². The molecule has 2 saturated carbocycles. The Bertz CT molecular complexity index is 851. The Balaban J connectivity index is 1.60. The monoisotopic (exact) mass is 404 g/mol. The van der Waals surface area contributed by atoms with Crippen LogP contribution in [0.25, 0.3) is 0 Å². The van der Waals surface area contributed by atoms with Gasteiger partial charge in [-0.1, -0.05) is 13.0 Å². The van der Waals surface area contributed by atoms with E-state index in [1.165, 1.54) is 12.1 Å². The second-order valence-corrected chi connectivity index (χ2v) is 9.93. The molecule has 5 unspecified atom stereocenters. The summed E-state index contributed by atoms with van der Waals surface area (Å²) in [7, 11) is -5.65. The van der Waals surface area contributed by atoms with E-state index in [1.807, 2.05) is 0 Å². The molecule has 27 heavy (non-hydrogen) atoms. The van der Waals surface area contributed by atoms with Crippen LogP contribution in [0.5, 0.6) is 5.75 Å². The summed E-state index contributed by atoms with van der Waals surface area (Å²) in [5.74, 6) is 0.937. The third-order valence-electron chi connectivity index (χ3n) is 7.14. The minimum Gasteiger partial charge on any atom is -0.393 e. The lowest BCUT2D eigenvalue weighted by molar-refractivity contribution is -0.0500. The van der Waals surface area contributed by atoms with Crippen LogP contribution >= 0.6 is 0 Å². The molecule has 1 aromatic rings. The van der Waals surface area contributed by atoms with Crippen LogP contribution in [0.15, 0.2) is 18.2 Å². The third kappa shape index (κ3) is 2.95. The first-order chi connectivity index (χ1) is 12.5. The van der Waals surface area contributed by atoms with E-state index >= 15 is 0 Å². The van der Waals surface area contributed by atoms with Crippen molar-refractivity contribution >= 4 is 10.1 Å². The van der Waals surface area contributed by atoms with Crippen molar-refractivity contribution in [1.82, 2.24) is 0 Å². The number of halogens is 3. The van der Waals surface area contributed by atoms with Crippen molar-refractivity contribution in [3.8, 4) is 5.75 Å². The van der Waals surface area contributed by atoms with Crippen LogP contribution in [0, 0.1) is 17.3 Å². The lowest BCUT2D eigenvalue weighted by atomic mass is 9.55. The molecule has 0 radical (unpaired) electrons. The smallest absolute Gasteiger partial charge is 0.393 e. The minimum atomic E-state index is -5.65. The van der Waals surface area contributed by atoms with Crippen molar-refractivity contribution in [1.29, 1.82) is 0 Å². The third-order valence-corrected chi connectivity index (χ3v) is 8.12. The summed E-state index contributed by atoms with van der Waals surface area (Å²) in [6.07, 6.45) is 5.04. The fraction of sp³-hybridized carbons (Fsp3) is 0.684. The summed E-state index contributed by atoms with van der Waals surface area (Å²) < 4.78 is 64.4. The molecule has 0 aliphatic heterocycles. The zero-order valence-corrected chi connectivity index (χ0v) is 15.8. The summed E-state index contributed by atoms with van der Waals surface area (Å²) in [5.41, 5.74) is -3.52. The summed E-state index contributed by atoms with van der Waals surface area (Å²) in [6, 6.07) is 4.48. The normalized spacial score (nSPS) is 35.9. The van der Waals surface area contributed by atoms with Gasteiger partial charge >= 0.3 is 15.6 Å². The molecule has 3 aliphatic carbocycles. The minimum absolute atomic E-state index is 0.0392. The highest BCUT2D eigenvalue weighted by molar-refractivity contribution is 7.88. The van der Waals surface area contributed by atoms with Crippen LogP contribution in [0.3, 0.4) is 0 Å². The molecule has 0 spiro atoms. The van der Waals surface area contributed by atoms with Gasteiger partial charge in [0.15, 0.2) is 0 Å². The largest absolute Gasteiger partial charge is 0.534 e. The van der Waals surface area contributed by atoms with Crippen molar-refractivity contribution in [2.75, 3.05) is 0 Å². The molecule has 4 rings (SSSR count). The van der Waals surface area contributed by atoms with Gasteiger partial charge in [0.2, 0.25) is 0 Å². The molecule has 1 N–H and O–H groups in total. The zero-order valence-electron chi connectivity index (χ0n) is 15.0. The SMILES string of the molecule is CC12CCC3c4ccc(OS(=O)(=O)C(F)(F)F)cc4CCC3C1CCC2O. The zero-order chi connectivity index (χ0) is 19.6. The molecule has 3 aliphatic rings. The first-order valence-corrected chi connectivity index (χ1v) is 10.8. The molecule has 0 saturated heterocycles. The highest BCUT2D eigenvalue weighted by atomic mass is 32.2. The van der Waals surface area contributed by atoms with E-state index in [1.54, 1.807) is 6.07 Å². The summed E-state index contributed by atoms with van der Waals surface area (Å²) in [6.45, 7) is 2.18. The number of rotatable bonds is 2. The fourth-order valence-corrected chi connectivity index (χ4v) is 6.21. The summed E-state index contributed by atoms with van der Waals surface area (Å²) >= 11 is 0. The van der Waals surface area contributed by atoms with E-state index in [9.17, 15) is 26.7 Å². The van der Waals surface area contributed by atoms with Gasteiger partial charge in [-0.05, 0) is 85.0 Å². The van der Waals surface area contributed by atoms with E-state index in [2.05, 4.69) is 11.1 Å². The second-order valence-electron chi connectivity index (χ2n) is 8.40. The molecular formula is C19H23F3O4S. The molecule has 5 atom stereocenters. The maximum absolute atomic E-state index is 12.5. The Kier molecular flexibility index (Phi) is 4.31. The number of aliphatic hydroxyl groups is 1. The molecule has 0 bridgehead atoms. The number of benzene rings is 1. The van der Waals surface area contributed by atoms with Crippen LogP contribution in [0.2, 0.25) is 0 Å². The number of alkyl halides is 3. The molecule has 8 heteroatoms. The van der Waals surface area contributed by atoms with Gasteiger partial charge in [-0.3, -0.25) is 0 Å². The van der Waals surface area contributed by atoms with Gasteiger partial charge in [0.25, 0.3) is 0 Å². The maximum atomic E-state index is 12.5. The summed E-state index contributed by atoms with van der Waals surface area (Å²) in [5, 5.41) is 10.4. The predicted octanol–water partition coefficient (Wildman–Crippen LogP) is 4.13. The van der Waals surface area contributed by atoms with Gasteiger partial charge in [0, 0.05) is 0 Å². The molecule has 1 aromatic carbocycles. The quantitative estimate of drug-likeness (QED) is 0.595. The lowest BCUT2D eigenvalue weighted by Crippen LogP contribution is -2.43. The van der Waals surface area contributed by atoms with Crippen LogP contribution in [-0.2, 0) is 16.5 Å². The van der Waals surface area contributed by atoms with Gasteiger partial charge in [-0.15, -0.1) is 0 Å². The number of aliphatic hydroxyl groups excluding tert-OH is 1. The van der Waals surface area contributed by atoms with E-state index in [-0.39, 0.29) is 17.3 Å². The topological polar surface area (TPSA) is 63.6 Å². The standard InChI is InChI=1S/C19H23F3O4S/c1-18-9-8-14-13-5-3-12(26-27(24,25)19(20,21)22)10-11(13)2-4-15(14)16(18)6-7-17(18)23/h3,5,10,14-17,23H,2,4,6-9H2,1H3. The van der Waals surface area contributed by atoms with E-state index < -0.39 is 15.6 Å². The number of aryl methyl sites for hydroxylation is 1. The highest BCUT2D eigenvalue weighted by Crippen LogP contribution is 2.60. The molecular weight excluding hydrogens is 381 g/mol. The Labute approximate surface area is 156 Å². The van der Waals surface area contributed by atoms with Crippen molar-refractivity contribution in [3.63, 3.8) is 0 Å². The Morgan fingerprint density at radius 3 is 2.63 bits per heavy atom. The summed E-state index contributed by atoms with van der Waals surface area (Å²) in [4.78, 5) is 0. The lowest BCUT2D eigenvalue weighted by Gasteiger charge is -2.50. The van der Waals surface area contributed by atoms with Crippen molar-refractivity contribution in [2.24, 2.45) is 17.3 Å². The second kappa shape index (κ2) is 6.11. The van der Waals surface area contributed by atoms with Crippen molar-refractivity contribution < 1.29 is 30.9 Å². The van der Waals surface area contributed by atoms with Crippen molar-refractivity contribution in [3.05, 3.63) is 29.3 Å². The van der Waals surface area contributed by atoms with Crippen LogP contribution < -0.4 is 4.18 Å². The fourth-order valence-electron chi connectivity index (χ4n) is 5.76. The van der Waals surface area contributed by atoms with E-state index in [4.69, 9.17) is 0 Å². The predicted molar refractivity (Wildman–Crippen MR) is 92.7 cm³/mol. The Morgan fingerprint density at radius 1 is 1.19 bits per heavy atom. The number of hydrogen-bond donors (Lipinski definition) is 1. The molecule has 0 aromatic heterocycles. The van der Waals surface area contributed by atoms with E-state index in [0.29, 0.717) is 24.2 Å². The maximum Gasteiger partial charge on any atom is 0.534 e. The van der Waals surface area contributed by atoms with Crippen LogP contribution in [-0.4, -0.2) is 25.1 Å². The highest BCUT2D eigenvalue weighted by Gasteiger charge is 2.54. The first kappa shape index (κ1) is 19.1. The van der Waals surface area contributed by atoms with Gasteiger partial charge in [-0.25, -0.2) is 0 Å². The number of hydrogen-bond acceptors (Lipinski definition) is 4. The molecule has 150 valence electrons. The first-order valence-electron chi connectivity index (χ1n) is 9.34. The van der Waals surface area contributed by atoms with Crippen LogP contribution in [0.4, 0.5) is 13.2 Å². The Morgan fingerprint density at radius 2 is 1.93 bits per heavy atom. The van der Waals surface area contributed by atoms with Crippen molar-refractivity contribution in [2.45, 2.75) is 63.0 Å². The van der Waals surface area contributed by atoms with Crippen LogP contribution in [0.1, 0.15) is 56.1 Å². The Hall–Kier alpha value is -1.28. The number of fused-ring (bicyclic) bond motifs is 5. The molecule has 0 heterocycles. The van der Waals surface area contributed by atoms with Gasteiger partial charge in [0.05, 0.1) is 6.10 Å². The average Bonchev–Trinajstić information content (AvgIpc) is 2.88. The average molecular weight is 404 g/mol. The molecule has 4 nitrogen and oxygen atoms in total. The molecule has 2 fully saturated rings. The van der Waals surface area contributed by atoms with Gasteiger partial charge in [-0.2, -0.15) is 21.6 Å². The molecule has 0 amide bonds.